The number of halogens is 1. The van der Waals surface area contributed by atoms with Crippen molar-refractivity contribution in [3.8, 4) is 0 Å². The molecule has 0 saturated carbocycles. The zero-order valence-electron chi connectivity index (χ0n) is 15.5. The molecule has 0 aliphatic heterocycles. The van der Waals surface area contributed by atoms with E-state index in [-0.39, 0.29) is 5.82 Å². The van der Waals surface area contributed by atoms with Crippen molar-refractivity contribution >= 4 is 0 Å². The van der Waals surface area contributed by atoms with Gasteiger partial charge in [-0.05, 0) is 37.1 Å². The lowest BCUT2D eigenvalue weighted by Crippen LogP contribution is -2.22. The van der Waals surface area contributed by atoms with Crippen LogP contribution in [0.15, 0.2) is 24.3 Å². The fourth-order valence-electron chi connectivity index (χ4n) is 2.81. The summed E-state index contributed by atoms with van der Waals surface area (Å²) in [4.78, 5) is 0. The first-order valence-electron chi connectivity index (χ1n) is 9.86. The van der Waals surface area contributed by atoms with Crippen LogP contribution in [-0.4, -0.2) is 26.3 Å². The van der Waals surface area contributed by atoms with Crippen LogP contribution in [-0.2, 0) is 11.2 Å². The zero-order valence-corrected chi connectivity index (χ0v) is 15.5. The molecule has 0 atom stereocenters. The molecule has 1 aromatic carbocycles. The van der Waals surface area contributed by atoms with E-state index in [9.17, 15) is 4.39 Å². The van der Waals surface area contributed by atoms with Crippen LogP contribution in [0.25, 0.3) is 0 Å². The van der Waals surface area contributed by atoms with E-state index in [0.29, 0.717) is 0 Å². The molecule has 0 aliphatic rings. The van der Waals surface area contributed by atoms with Gasteiger partial charge in [0, 0.05) is 13.2 Å². The third-order valence-corrected chi connectivity index (χ3v) is 4.29. The van der Waals surface area contributed by atoms with Crippen molar-refractivity contribution in [1.29, 1.82) is 0 Å². The lowest BCUT2D eigenvalue weighted by Gasteiger charge is -2.07. The quantitative estimate of drug-likeness (QED) is 0.402. The van der Waals surface area contributed by atoms with E-state index in [4.69, 9.17) is 4.74 Å². The molecule has 1 rings (SSSR count). The molecule has 0 bridgehead atoms. The molecule has 0 heterocycles. The predicted octanol–water partition coefficient (Wildman–Crippen LogP) is 5.51. The molecule has 24 heavy (non-hydrogen) atoms. The van der Waals surface area contributed by atoms with Crippen LogP contribution >= 0.6 is 0 Å². The molecule has 0 fully saturated rings. The average molecular weight is 338 g/mol. The second-order valence-corrected chi connectivity index (χ2v) is 6.57. The van der Waals surface area contributed by atoms with Crippen LogP contribution in [0.2, 0.25) is 0 Å². The van der Waals surface area contributed by atoms with Gasteiger partial charge in [-0.2, -0.15) is 0 Å². The zero-order chi connectivity index (χ0) is 17.3. The first-order valence-corrected chi connectivity index (χ1v) is 9.86. The van der Waals surface area contributed by atoms with Gasteiger partial charge in [-0.1, -0.05) is 70.4 Å². The Bertz CT molecular complexity index is 397. The molecule has 3 heteroatoms. The molecular formula is C21H36FNO. The standard InChI is InChI=1S/C21H36FNO/c1-2-3-4-5-6-7-8-9-10-17-24-18-16-23-15-14-20-12-11-13-21(22)19-20/h11-13,19,23H,2-10,14-18H2,1H3. The van der Waals surface area contributed by atoms with E-state index >= 15 is 0 Å². The Balaban J connectivity index is 1.76. The summed E-state index contributed by atoms with van der Waals surface area (Å²) in [6.07, 6.45) is 13.0. The largest absolute Gasteiger partial charge is 0.380 e. The van der Waals surface area contributed by atoms with Crippen LogP contribution in [0, 0.1) is 5.82 Å². The monoisotopic (exact) mass is 337 g/mol. The number of benzene rings is 1. The van der Waals surface area contributed by atoms with Gasteiger partial charge in [0.2, 0.25) is 0 Å². The molecule has 0 amide bonds. The van der Waals surface area contributed by atoms with Crippen molar-refractivity contribution in [1.82, 2.24) is 5.32 Å². The Morgan fingerprint density at radius 2 is 1.58 bits per heavy atom. The smallest absolute Gasteiger partial charge is 0.123 e. The summed E-state index contributed by atoms with van der Waals surface area (Å²) in [6.45, 7) is 5.64. The van der Waals surface area contributed by atoms with Crippen molar-refractivity contribution in [2.75, 3.05) is 26.3 Å². The van der Waals surface area contributed by atoms with E-state index in [1.54, 1.807) is 12.1 Å². The van der Waals surface area contributed by atoms with E-state index in [1.807, 2.05) is 6.07 Å². The molecule has 0 spiro atoms. The Morgan fingerprint density at radius 1 is 0.875 bits per heavy atom. The molecule has 0 saturated heterocycles. The van der Waals surface area contributed by atoms with Crippen molar-refractivity contribution < 1.29 is 9.13 Å². The predicted molar refractivity (Wildman–Crippen MR) is 101 cm³/mol. The fourth-order valence-corrected chi connectivity index (χ4v) is 2.81. The van der Waals surface area contributed by atoms with Crippen LogP contribution in [0.3, 0.4) is 0 Å². The van der Waals surface area contributed by atoms with Gasteiger partial charge in [-0.3, -0.25) is 0 Å². The molecule has 138 valence electrons. The Labute approximate surface area is 148 Å². The van der Waals surface area contributed by atoms with Gasteiger partial charge >= 0.3 is 0 Å². The second-order valence-electron chi connectivity index (χ2n) is 6.57. The first kappa shape index (κ1) is 21.1. The summed E-state index contributed by atoms with van der Waals surface area (Å²) >= 11 is 0. The summed E-state index contributed by atoms with van der Waals surface area (Å²) in [7, 11) is 0. The maximum absolute atomic E-state index is 13.0. The molecule has 0 unspecified atom stereocenters. The molecule has 1 aromatic rings. The van der Waals surface area contributed by atoms with Gasteiger partial charge < -0.3 is 10.1 Å². The lowest BCUT2D eigenvalue weighted by molar-refractivity contribution is 0.131. The highest BCUT2D eigenvalue weighted by atomic mass is 19.1. The minimum atomic E-state index is -0.156. The highest BCUT2D eigenvalue weighted by Gasteiger charge is 1.96. The van der Waals surface area contributed by atoms with Crippen LogP contribution in [0.5, 0.6) is 0 Å². The Morgan fingerprint density at radius 3 is 2.29 bits per heavy atom. The third kappa shape index (κ3) is 12.5. The number of rotatable bonds is 16. The van der Waals surface area contributed by atoms with Crippen LogP contribution in [0.4, 0.5) is 4.39 Å². The summed E-state index contributed by atoms with van der Waals surface area (Å²) in [6, 6.07) is 6.81. The number of nitrogens with one attached hydrogen (secondary N) is 1. The minimum Gasteiger partial charge on any atom is -0.380 e. The number of unbranched alkanes of at least 4 members (excludes halogenated alkanes) is 8. The topological polar surface area (TPSA) is 21.3 Å². The van der Waals surface area contributed by atoms with Gasteiger partial charge in [-0.25, -0.2) is 4.39 Å². The number of hydrogen-bond acceptors (Lipinski definition) is 2. The lowest BCUT2D eigenvalue weighted by atomic mass is 10.1. The normalized spacial score (nSPS) is 11.1. The summed E-state index contributed by atoms with van der Waals surface area (Å²) < 4.78 is 18.7. The highest BCUT2D eigenvalue weighted by molar-refractivity contribution is 5.16. The molecule has 1 N–H and O–H groups in total. The molecule has 0 aromatic heterocycles. The van der Waals surface area contributed by atoms with Gasteiger partial charge in [-0.15, -0.1) is 0 Å². The van der Waals surface area contributed by atoms with Gasteiger partial charge in [0.1, 0.15) is 5.82 Å². The SMILES string of the molecule is CCCCCCCCCCCOCCNCCc1cccc(F)c1. The highest BCUT2D eigenvalue weighted by Crippen LogP contribution is 2.09. The van der Waals surface area contributed by atoms with Crippen molar-refractivity contribution in [3.63, 3.8) is 0 Å². The third-order valence-electron chi connectivity index (χ3n) is 4.29. The van der Waals surface area contributed by atoms with Crippen molar-refractivity contribution in [3.05, 3.63) is 35.6 Å². The first-order chi connectivity index (χ1) is 11.8. The van der Waals surface area contributed by atoms with Crippen molar-refractivity contribution in [2.24, 2.45) is 0 Å². The molecular weight excluding hydrogens is 301 g/mol. The maximum Gasteiger partial charge on any atom is 0.123 e. The summed E-state index contributed by atoms with van der Waals surface area (Å²) in [5, 5.41) is 3.34. The fraction of sp³-hybridized carbons (Fsp3) is 0.714. The minimum absolute atomic E-state index is 0.156. The van der Waals surface area contributed by atoms with E-state index < -0.39 is 0 Å². The van der Waals surface area contributed by atoms with Crippen molar-refractivity contribution in [2.45, 2.75) is 71.1 Å². The van der Waals surface area contributed by atoms with E-state index in [2.05, 4.69) is 12.2 Å². The molecule has 2 nitrogen and oxygen atoms in total. The average Bonchev–Trinajstić information content (AvgIpc) is 2.58. The molecule has 0 radical (unpaired) electrons. The maximum atomic E-state index is 13.0. The number of ether oxygens (including phenoxy) is 1. The van der Waals surface area contributed by atoms with Gasteiger partial charge in [0.25, 0.3) is 0 Å². The summed E-state index contributed by atoms with van der Waals surface area (Å²) in [5.41, 5.74) is 1.04. The van der Waals surface area contributed by atoms with Gasteiger partial charge in [0.15, 0.2) is 0 Å². The van der Waals surface area contributed by atoms with E-state index in [1.165, 1.54) is 63.9 Å². The molecule has 0 aliphatic carbocycles. The second kappa shape index (κ2) is 15.6. The number of hydrogen-bond donors (Lipinski definition) is 1. The Hall–Kier alpha value is -0.930. The van der Waals surface area contributed by atoms with Gasteiger partial charge in [0.05, 0.1) is 6.61 Å². The van der Waals surface area contributed by atoms with Crippen LogP contribution in [0.1, 0.15) is 70.3 Å². The Kier molecular flexibility index (Phi) is 13.7. The van der Waals surface area contributed by atoms with Crippen LogP contribution < -0.4 is 5.32 Å². The summed E-state index contributed by atoms with van der Waals surface area (Å²) in [5.74, 6) is -0.156. The van der Waals surface area contributed by atoms with E-state index in [0.717, 1.165) is 38.3 Å².